The van der Waals surface area contributed by atoms with Gasteiger partial charge in [0.05, 0.1) is 13.2 Å². The molecule has 0 aliphatic carbocycles. The number of carbonyl (C=O) groups is 1. The molecule has 2 aromatic carbocycles. The third-order valence-electron chi connectivity index (χ3n) is 5.94. The van der Waals surface area contributed by atoms with Gasteiger partial charge in [0.15, 0.2) is 11.5 Å². The predicted molar refractivity (Wildman–Crippen MR) is 142 cm³/mol. The summed E-state index contributed by atoms with van der Waals surface area (Å²) >= 11 is 0. The van der Waals surface area contributed by atoms with E-state index in [1.54, 1.807) is 18.5 Å². The number of rotatable bonds is 12. The molecule has 1 aromatic heterocycles. The third kappa shape index (κ3) is 8.51. The van der Waals surface area contributed by atoms with E-state index in [0.29, 0.717) is 12.0 Å². The quantitative estimate of drug-likeness (QED) is 0.211. The zero-order chi connectivity index (χ0) is 30.1. The maximum atomic E-state index is 12.6. The molecule has 4 N–H and O–H groups in total. The first-order chi connectivity index (χ1) is 20.1. The first-order valence-corrected chi connectivity index (χ1v) is 14.0. The van der Waals surface area contributed by atoms with Crippen molar-refractivity contribution in [3.05, 3.63) is 84.2 Å². The fourth-order valence-electron chi connectivity index (χ4n) is 3.77. The van der Waals surface area contributed by atoms with Crippen LogP contribution in [0, 0.1) is 0 Å². The van der Waals surface area contributed by atoms with Gasteiger partial charge in [-0.1, -0.05) is 30.3 Å². The van der Waals surface area contributed by atoms with E-state index in [1.807, 2.05) is 6.07 Å². The molecular weight excluding hydrogens is 578 g/mol. The molecule has 14 nitrogen and oxygen atoms in total. The highest BCUT2D eigenvalue weighted by molar-refractivity contribution is 7.82. The van der Waals surface area contributed by atoms with E-state index in [-0.39, 0.29) is 30.5 Å². The fraction of sp³-hybridized carbons (Fsp3) is 0.333. The van der Waals surface area contributed by atoms with Gasteiger partial charge in [-0.25, -0.2) is 4.79 Å². The monoisotopic (exact) mass is 607 g/mol. The van der Waals surface area contributed by atoms with Crippen LogP contribution in [0.5, 0.6) is 17.2 Å². The zero-order valence-electron chi connectivity index (χ0n) is 22.0. The summed E-state index contributed by atoms with van der Waals surface area (Å²) in [5.41, 5.74) is 1.44. The van der Waals surface area contributed by atoms with Crippen LogP contribution in [0.2, 0.25) is 0 Å². The molecular formula is C27H29NO13S. The molecule has 0 amide bonds. The van der Waals surface area contributed by atoms with E-state index in [4.69, 9.17) is 27.3 Å². The number of pyridine rings is 1. The molecule has 0 spiro atoms. The normalized spacial score (nSPS) is 22.1. The van der Waals surface area contributed by atoms with Crippen molar-refractivity contribution in [2.75, 3.05) is 13.2 Å². The Morgan fingerprint density at radius 1 is 0.857 bits per heavy atom. The number of carbonyl (C=O) groups excluding carboxylic acids is 1. The Kier molecular flexibility index (Phi) is 10.5. The summed E-state index contributed by atoms with van der Waals surface area (Å²) in [4.78, 5) is 15.8. The second-order valence-electron chi connectivity index (χ2n) is 8.98. The Balaban J connectivity index is 1.29. The van der Waals surface area contributed by atoms with E-state index < -0.39 is 53.9 Å². The largest absolute Gasteiger partial charge is 0.508 e. The average Bonchev–Trinajstić information content (AvgIpc) is 2.98. The van der Waals surface area contributed by atoms with Gasteiger partial charge >= 0.3 is 16.6 Å². The number of nitrogens with zero attached hydrogens (tertiary/aromatic N) is 1. The number of hydrogen-bond donors (Lipinski definition) is 4. The molecule has 1 aliphatic rings. The molecule has 1 fully saturated rings. The fourth-order valence-corrected chi connectivity index (χ4v) is 4.51. The van der Waals surface area contributed by atoms with E-state index in [2.05, 4.69) is 4.98 Å². The number of para-hydroxylation sites is 2. The molecule has 3 aromatic rings. The van der Waals surface area contributed by atoms with Gasteiger partial charge in [-0.15, -0.1) is 8.42 Å². The van der Waals surface area contributed by atoms with Crippen LogP contribution in [0.3, 0.4) is 0 Å². The molecule has 1 aliphatic heterocycles. The van der Waals surface area contributed by atoms with Gasteiger partial charge in [0.2, 0.25) is 6.29 Å². The number of benzene rings is 2. The first kappa shape index (κ1) is 31.0. The minimum atomic E-state index is -4.69. The number of aliphatic hydroxyl groups excluding tert-OH is 4. The summed E-state index contributed by atoms with van der Waals surface area (Å²) in [6.45, 7) is -0.684. The smallest absolute Gasteiger partial charge is 0.458 e. The lowest BCUT2D eigenvalue weighted by molar-refractivity contribution is -0.277. The van der Waals surface area contributed by atoms with E-state index in [1.165, 1.54) is 48.5 Å². The Labute approximate surface area is 240 Å². The second kappa shape index (κ2) is 14.3. The second-order valence-corrected chi connectivity index (χ2v) is 10.1. The topological polar surface area (TPSA) is 200 Å². The average molecular weight is 608 g/mol. The van der Waals surface area contributed by atoms with Crippen molar-refractivity contribution >= 4 is 16.6 Å². The predicted octanol–water partition coefficient (Wildman–Crippen LogP) is 0.859. The summed E-state index contributed by atoms with van der Waals surface area (Å²) in [7, 11) is -4.69. The number of aliphatic hydroxyl groups is 4. The van der Waals surface area contributed by atoms with Crippen LogP contribution in [-0.2, 0) is 37.6 Å². The first-order valence-electron chi connectivity index (χ1n) is 12.6. The van der Waals surface area contributed by atoms with Gasteiger partial charge in [-0.05, 0) is 41.5 Å². The van der Waals surface area contributed by atoms with Crippen molar-refractivity contribution in [1.29, 1.82) is 0 Å². The number of aromatic nitrogens is 1. The number of ether oxygens (including phenoxy) is 4. The van der Waals surface area contributed by atoms with Crippen molar-refractivity contribution in [1.82, 2.24) is 4.98 Å². The van der Waals surface area contributed by atoms with Crippen LogP contribution in [-0.4, -0.2) is 83.9 Å². The van der Waals surface area contributed by atoms with Gasteiger partial charge in [0.1, 0.15) is 36.8 Å². The van der Waals surface area contributed by atoms with Gasteiger partial charge in [-0.2, -0.15) is 0 Å². The zero-order valence-corrected chi connectivity index (χ0v) is 22.8. The third-order valence-corrected chi connectivity index (χ3v) is 6.72. The summed E-state index contributed by atoms with van der Waals surface area (Å²) < 4.78 is 56.1. The molecule has 226 valence electrons. The summed E-state index contributed by atoms with van der Waals surface area (Å²) in [5.74, 6) is -0.638. The van der Waals surface area contributed by atoms with Crippen LogP contribution >= 0.6 is 0 Å². The highest BCUT2D eigenvalue weighted by Crippen LogP contribution is 2.32. The Morgan fingerprint density at radius 2 is 1.60 bits per heavy atom. The molecule has 5 atom stereocenters. The Hall–Kier alpha value is -3.99. The van der Waals surface area contributed by atoms with Crippen LogP contribution in [0.1, 0.15) is 11.1 Å². The Morgan fingerprint density at radius 3 is 2.29 bits per heavy atom. The van der Waals surface area contributed by atoms with Gasteiger partial charge in [0.25, 0.3) is 0 Å². The molecule has 15 heteroatoms. The van der Waals surface area contributed by atoms with Crippen LogP contribution in [0.25, 0.3) is 0 Å². The molecule has 0 unspecified atom stereocenters. The standard InChI is InChI=1S/C27H29NO13S/c29-15-22-23(30)24(31)25(32)26(39-22)38-20-5-1-2-6-21(20)41-42(34,35)40-19-9-7-18(8-10-19)16-37-27(33)36-13-11-17-4-3-12-28-14-17/h1-10,12,14,22-26,29-32H,11,13,15-16H2/t22-,23+,24+,25-,26-/m1/s1. The van der Waals surface area contributed by atoms with Gasteiger partial charge in [0, 0.05) is 18.8 Å². The van der Waals surface area contributed by atoms with E-state index >= 15 is 0 Å². The van der Waals surface area contributed by atoms with Crippen molar-refractivity contribution in [2.24, 2.45) is 0 Å². The lowest BCUT2D eigenvalue weighted by atomic mass is 9.99. The van der Waals surface area contributed by atoms with Crippen LogP contribution in [0.4, 0.5) is 4.79 Å². The maximum absolute atomic E-state index is 12.6. The Bertz CT molecular complexity index is 1400. The van der Waals surface area contributed by atoms with E-state index in [0.717, 1.165) is 5.56 Å². The van der Waals surface area contributed by atoms with Crippen molar-refractivity contribution < 1.29 is 61.0 Å². The molecule has 0 bridgehead atoms. The van der Waals surface area contributed by atoms with Gasteiger partial charge in [-0.3, -0.25) is 4.98 Å². The lowest BCUT2D eigenvalue weighted by Crippen LogP contribution is -2.60. The highest BCUT2D eigenvalue weighted by atomic mass is 32.3. The lowest BCUT2D eigenvalue weighted by Gasteiger charge is -2.39. The molecule has 0 saturated carbocycles. The minimum Gasteiger partial charge on any atom is -0.458 e. The highest BCUT2D eigenvalue weighted by Gasteiger charge is 2.45. The SMILES string of the molecule is O=C(OCCc1cccnc1)OCc1ccc(OS(=O)(=O)Oc2ccccc2O[C@@H]2O[C@H](CO)[C@H](O)[C@H](O)[C@H]2O)cc1. The van der Waals surface area contributed by atoms with Crippen molar-refractivity contribution in [2.45, 2.75) is 43.7 Å². The molecule has 2 heterocycles. The molecule has 42 heavy (non-hydrogen) atoms. The molecule has 1 saturated heterocycles. The summed E-state index contributed by atoms with van der Waals surface area (Å²) in [6, 6.07) is 14.7. The molecule has 4 rings (SSSR count). The van der Waals surface area contributed by atoms with Crippen molar-refractivity contribution in [3.63, 3.8) is 0 Å². The van der Waals surface area contributed by atoms with Crippen molar-refractivity contribution in [3.8, 4) is 17.2 Å². The molecule has 0 radical (unpaired) electrons. The van der Waals surface area contributed by atoms with Crippen LogP contribution in [0.15, 0.2) is 73.1 Å². The van der Waals surface area contributed by atoms with Crippen LogP contribution < -0.4 is 13.1 Å². The van der Waals surface area contributed by atoms with E-state index in [9.17, 15) is 33.6 Å². The summed E-state index contributed by atoms with van der Waals surface area (Å²) in [5, 5.41) is 39.5. The minimum absolute atomic E-state index is 0.106. The maximum Gasteiger partial charge on any atom is 0.508 e. The number of hydrogen-bond acceptors (Lipinski definition) is 14. The summed E-state index contributed by atoms with van der Waals surface area (Å²) in [6.07, 6.45) is -4.89. The van der Waals surface area contributed by atoms with Gasteiger partial charge < -0.3 is 47.7 Å².